The van der Waals surface area contributed by atoms with Crippen molar-refractivity contribution in [2.24, 2.45) is 0 Å². The van der Waals surface area contributed by atoms with Gasteiger partial charge < -0.3 is 10.5 Å². The van der Waals surface area contributed by atoms with Crippen molar-refractivity contribution in [2.75, 3.05) is 5.73 Å². The minimum atomic E-state index is -0.279. The minimum absolute atomic E-state index is 0.113. The zero-order chi connectivity index (χ0) is 10.8. The van der Waals surface area contributed by atoms with Crippen LogP contribution >= 0.6 is 15.9 Å². The third kappa shape index (κ3) is 2.31. The summed E-state index contributed by atoms with van der Waals surface area (Å²) in [6.07, 6.45) is 3.23. The Bertz CT molecular complexity index is 388. The number of esters is 1. The number of anilines is 1. The molecule has 1 aliphatic rings. The van der Waals surface area contributed by atoms with Crippen LogP contribution in [0.4, 0.5) is 5.69 Å². The zero-order valence-electron chi connectivity index (χ0n) is 8.20. The van der Waals surface area contributed by atoms with Crippen molar-refractivity contribution in [2.45, 2.75) is 25.4 Å². The SMILES string of the molecule is Nc1cc(C(=O)OC2CCC2)ccc1Br. The number of halogens is 1. The molecule has 0 spiro atoms. The van der Waals surface area contributed by atoms with Crippen LogP contribution in [0, 0.1) is 0 Å². The monoisotopic (exact) mass is 269 g/mol. The van der Waals surface area contributed by atoms with Gasteiger partial charge in [0.25, 0.3) is 0 Å². The summed E-state index contributed by atoms with van der Waals surface area (Å²) in [6.45, 7) is 0. The maximum absolute atomic E-state index is 11.6. The highest BCUT2D eigenvalue weighted by molar-refractivity contribution is 9.10. The van der Waals surface area contributed by atoms with Gasteiger partial charge in [0.2, 0.25) is 0 Å². The molecule has 1 saturated carbocycles. The van der Waals surface area contributed by atoms with Crippen molar-refractivity contribution in [1.29, 1.82) is 0 Å². The molecule has 0 aromatic heterocycles. The fraction of sp³-hybridized carbons (Fsp3) is 0.364. The summed E-state index contributed by atoms with van der Waals surface area (Å²) in [5.41, 5.74) is 6.75. The van der Waals surface area contributed by atoms with E-state index in [0.717, 1.165) is 23.7 Å². The Hall–Kier alpha value is -1.03. The summed E-state index contributed by atoms with van der Waals surface area (Å²) in [7, 11) is 0. The van der Waals surface area contributed by atoms with Crippen molar-refractivity contribution in [3.05, 3.63) is 28.2 Å². The van der Waals surface area contributed by atoms with Crippen LogP contribution in [0.15, 0.2) is 22.7 Å². The Kier molecular flexibility index (Phi) is 2.95. The van der Waals surface area contributed by atoms with E-state index >= 15 is 0 Å². The quantitative estimate of drug-likeness (QED) is 0.664. The van der Waals surface area contributed by atoms with Gasteiger partial charge in [-0.25, -0.2) is 4.79 Å². The second kappa shape index (κ2) is 4.23. The zero-order valence-corrected chi connectivity index (χ0v) is 9.79. The Morgan fingerprint density at radius 3 is 2.73 bits per heavy atom. The maximum Gasteiger partial charge on any atom is 0.338 e. The summed E-state index contributed by atoms with van der Waals surface area (Å²) in [5, 5.41) is 0. The standard InChI is InChI=1S/C11H12BrNO2/c12-9-5-4-7(6-10(9)13)11(14)15-8-2-1-3-8/h4-6,8H,1-3,13H2. The number of benzene rings is 1. The van der Waals surface area contributed by atoms with Crippen LogP contribution in [0.5, 0.6) is 0 Å². The summed E-state index contributed by atoms with van der Waals surface area (Å²) >= 11 is 3.28. The molecule has 1 fully saturated rings. The summed E-state index contributed by atoms with van der Waals surface area (Å²) in [5.74, 6) is -0.279. The molecule has 15 heavy (non-hydrogen) atoms. The predicted molar refractivity (Wildman–Crippen MR) is 61.6 cm³/mol. The normalized spacial score (nSPS) is 15.8. The van der Waals surface area contributed by atoms with Gasteiger partial charge in [-0.15, -0.1) is 0 Å². The second-order valence-electron chi connectivity index (χ2n) is 3.69. The van der Waals surface area contributed by atoms with Crippen LogP contribution < -0.4 is 5.73 Å². The first kappa shape index (κ1) is 10.5. The average Bonchev–Trinajstić information content (AvgIpc) is 2.15. The summed E-state index contributed by atoms with van der Waals surface area (Å²) < 4.78 is 6.05. The van der Waals surface area contributed by atoms with Gasteiger partial charge in [0.05, 0.1) is 5.56 Å². The number of carbonyl (C=O) groups is 1. The fourth-order valence-corrected chi connectivity index (χ4v) is 1.63. The van der Waals surface area contributed by atoms with Crippen molar-refractivity contribution in [3.63, 3.8) is 0 Å². The smallest absolute Gasteiger partial charge is 0.338 e. The van der Waals surface area contributed by atoms with E-state index < -0.39 is 0 Å². The first-order valence-corrected chi connectivity index (χ1v) is 5.72. The van der Waals surface area contributed by atoms with Crippen molar-refractivity contribution < 1.29 is 9.53 Å². The van der Waals surface area contributed by atoms with Crippen LogP contribution in [0.1, 0.15) is 29.6 Å². The lowest BCUT2D eigenvalue weighted by atomic mass is 9.96. The average molecular weight is 270 g/mol. The lowest BCUT2D eigenvalue weighted by Crippen LogP contribution is -2.25. The van der Waals surface area contributed by atoms with Gasteiger partial charge in [0.1, 0.15) is 6.10 Å². The van der Waals surface area contributed by atoms with Gasteiger partial charge in [0.15, 0.2) is 0 Å². The molecule has 0 amide bonds. The molecule has 0 saturated heterocycles. The Morgan fingerprint density at radius 1 is 1.47 bits per heavy atom. The number of ether oxygens (including phenoxy) is 1. The number of carbonyl (C=O) groups excluding carboxylic acids is 1. The molecule has 80 valence electrons. The summed E-state index contributed by atoms with van der Waals surface area (Å²) in [4.78, 5) is 11.6. The first-order valence-electron chi connectivity index (χ1n) is 4.93. The van der Waals surface area contributed by atoms with Gasteiger partial charge in [-0.2, -0.15) is 0 Å². The highest BCUT2D eigenvalue weighted by Crippen LogP contribution is 2.25. The molecule has 0 radical (unpaired) electrons. The van der Waals surface area contributed by atoms with Crippen LogP contribution in [0.2, 0.25) is 0 Å². The van der Waals surface area contributed by atoms with E-state index in [4.69, 9.17) is 10.5 Å². The van der Waals surface area contributed by atoms with E-state index in [-0.39, 0.29) is 12.1 Å². The van der Waals surface area contributed by atoms with E-state index in [2.05, 4.69) is 15.9 Å². The number of hydrogen-bond donors (Lipinski definition) is 1. The van der Waals surface area contributed by atoms with Crippen LogP contribution in [0.3, 0.4) is 0 Å². The van der Waals surface area contributed by atoms with E-state index in [9.17, 15) is 4.79 Å². The van der Waals surface area contributed by atoms with Crippen LogP contribution in [0.25, 0.3) is 0 Å². The molecule has 3 nitrogen and oxygen atoms in total. The van der Waals surface area contributed by atoms with Gasteiger partial charge in [-0.3, -0.25) is 0 Å². The number of hydrogen-bond acceptors (Lipinski definition) is 3. The van der Waals surface area contributed by atoms with Crippen LogP contribution in [-0.2, 0) is 4.74 Å². The first-order chi connectivity index (χ1) is 7.16. The molecule has 1 aromatic rings. The third-order valence-electron chi connectivity index (χ3n) is 2.56. The molecule has 1 aliphatic carbocycles. The van der Waals surface area contributed by atoms with Gasteiger partial charge in [-0.05, 0) is 53.4 Å². The van der Waals surface area contributed by atoms with Crippen molar-refractivity contribution >= 4 is 27.6 Å². The highest BCUT2D eigenvalue weighted by atomic mass is 79.9. The minimum Gasteiger partial charge on any atom is -0.459 e. The molecule has 0 aliphatic heterocycles. The molecule has 1 aromatic carbocycles. The topological polar surface area (TPSA) is 52.3 Å². The van der Waals surface area contributed by atoms with Gasteiger partial charge in [-0.1, -0.05) is 0 Å². The molecule has 0 atom stereocenters. The molecular formula is C11H12BrNO2. The Balaban J connectivity index is 2.07. The highest BCUT2D eigenvalue weighted by Gasteiger charge is 2.22. The van der Waals surface area contributed by atoms with E-state index in [1.807, 2.05) is 0 Å². The summed E-state index contributed by atoms with van der Waals surface area (Å²) in [6, 6.07) is 5.10. The fourth-order valence-electron chi connectivity index (χ4n) is 1.38. The number of rotatable bonds is 2. The lowest BCUT2D eigenvalue weighted by molar-refractivity contribution is 0.00901. The lowest BCUT2D eigenvalue weighted by Gasteiger charge is -2.25. The molecule has 2 N–H and O–H groups in total. The van der Waals surface area contributed by atoms with Crippen LogP contribution in [-0.4, -0.2) is 12.1 Å². The molecule has 0 heterocycles. The molecule has 0 unspecified atom stereocenters. The molecule has 4 heteroatoms. The second-order valence-corrected chi connectivity index (χ2v) is 4.55. The molecule has 0 bridgehead atoms. The number of nitrogen functional groups attached to an aromatic ring is 1. The Labute approximate surface area is 96.7 Å². The molecular weight excluding hydrogens is 258 g/mol. The van der Waals surface area contributed by atoms with E-state index in [1.165, 1.54) is 0 Å². The molecule has 2 rings (SSSR count). The van der Waals surface area contributed by atoms with Gasteiger partial charge >= 0.3 is 5.97 Å². The maximum atomic E-state index is 11.6. The third-order valence-corrected chi connectivity index (χ3v) is 3.28. The van der Waals surface area contributed by atoms with E-state index in [1.54, 1.807) is 18.2 Å². The van der Waals surface area contributed by atoms with Crippen molar-refractivity contribution in [3.8, 4) is 0 Å². The largest absolute Gasteiger partial charge is 0.459 e. The van der Waals surface area contributed by atoms with Crippen molar-refractivity contribution in [1.82, 2.24) is 0 Å². The van der Waals surface area contributed by atoms with E-state index in [0.29, 0.717) is 11.3 Å². The van der Waals surface area contributed by atoms with Gasteiger partial charge in [0, 0.05) is 10.2 Å². The Morgan fingerprint density at radius 2 is 2.20 bits per heavy atom. The number of nitrogens with two attached hydrogens (primary N) is 1. The predicted octanol–water partition coefficient (Wildman–Crippen LogP) is 2.74.